The Kier molecular flexibility index (Phi) is 3.97. The molecule has 0 N–H and O–H groups in total. The van der Waals surface area contributed by atoms with Crippen LogP contribution in [0.15, 0.2) is 18.2 Å². The van der Waals surface area contributed by atoms with E-state index in [0.29, 0.717) is 25.7 Å². The summed E-state index contributed by atoms with van der Waals surface area (Å²) in [7, 11) is -1.72. The van der Waals surface area contributed by atoms with E-state index in [1.807, 2.05) is 0 Å². The summed E-state index contributed by atoms with van der Waals surface area (Å²) in [6.45, 7) is 0. The standard InChI is InChI=1S/C16H19FO4S/c1-21-14-7-3-6-13(17)15(14)16(18)10-8-11-4-2-5-12(9-10)22(11,19)20/h3,6-7,10-12H,2,4-5,8-9H2,1H3. The van der Waals surface area contributed by atoms with E-state index in [1.54, 1.807) is 6.07 Å². The minimum absolute atomic E-state index is 0.0487. The molecule has 6 heteroatoms. The van der Waals surface area contributed by atoms with Gasteiger partial charge >= 0.3 is 0 Å². The van der Waals surface area contributed by atoms with Gasteiger partial charge in [0.1, 0.15) is 11.6 Å². The fourth-order valence-corrected chi connectivity index (χ4v) is 6.28. The molecule has 1 aromatic carbocycles. The number of ketones is 1. The number of methoxy groups -OCH3 is 1. The summed E-state index contributed by atoms with van der Waals surface area (Å²) in [5.74, 6) is -1.17. The molecular formula is C16H19FO4S. The van der Waals surface area contributed by atoms with Crippen molar-refractivity contribution in [2.75, 3.05) is 7.11 Å². The van der Waals surface area contributed by atoms with Crippen LogP contribution in [0, 0.1) is 11.7 Å². The Morgan fingerprint density at radius 3 is 2.45 bits per heavy atom. The normalized spacial score (nSPS) is 29.8. The molecule has 2 saturated heterocycles. The van der Waals surface area contributed by atoms with Gasteiger partial charge in [0.15, 0.2) is 15.6 Å². The molecule has 2 unspecified atom stereocenters. The van der Waals surface area contributed by atoms with Gasteiger partial charge in [-0.3, -0.25) is 4.79 Å². The molecule has 2 heterocycles. The van der Waals surface area contributed by atoms with E-state index in [1.165, 1.54) is 19.2 Å². The highest BCUT2D eigenvalue weighted by molar-refractivity contribution is 7.92. The van der Waals surface area contributed by atoms with Gasteiger partial charge in [-0.2, -0.15) is 0 Å². The van der Waals surface area contributed by atoms with Crippen LogP contribution in [0.5, 0.6) is 5.75 Å². The zero-order valence-corrected chi connectivity index (χ0v) is 13.2. The average molecular weight is 326 g/mol. The molecule has 120 valence electrons. The van der Waals surface area contributed by atoms with Crippen molar-refractivity contribution in [1.82, 2.24) is 0 Å². The second-order valence-electron chi connectivity index (χ2n) is 6.11. The Morgan fingerprint density at radius 1 is 1.23 bits per heavy atom. The van der Waals surface area contributed by atoms with Gasteiger partial charge in [0, 0.05) is 5.92 Å². The van der Waals surface area contributed by atoms with E-state index in [4.69, 9.17) is 4.74 Å². The van der Waals surface area contributed by atoms with Crippen LogP contribution in [0.1, 0.15) is 42.5 Å². The number of sulfone groups is 1. The van der Waals surface area contributed by atoms with Crippen molar-refractivity contribution >= 4 is 15.6 Å². The topological polar surface area (TPSA) is 60.4 Å². The molecule has 22 heavy (non-hydrogen) atoms. The van der Waals surface area contributed by atoms with Gasteiger partial charge in [-0.25, -0.2) is 12.8 Å². The molecule has 1 aromatic rings. The molecular weight excluding hydrogens is 307 g/mol. The van der Waals surface area contributed by atoms with E-state index >= 15 is 0 Å². The van der Waals surface area contributed by atoms with Crippen molar-refractivity contribution in [1.29, 1.82) is 0 Å². The maximum Gasteiger partial charge on any atom is 0.172 e. The second-order valence-corrected chi connectivity index (χ2v) is 8.63. The summed E-state index contributed by atoms with van der Waals surface area (Å²) >= 11 is 0. The smallest absolute Gasteiger partial charge is 0.172 e. The van der Waals surface area contributed by atoms with Gasteiger partial charge in [-0.15, -0.1) is 0 Å². The summed E-state index contributed by atoms with van der Waals surface area (Å²) in [4.78, 5) is 12.7. The number of hydrogen-bond donors (Lipinski definition) is 0. The molecule has 4 nitrogen and oxygen atoms in total. The highest BCUT2D eigenvalue weighted by atomic mass is 32.2. The summed E-state index contributed by atoms with van der Waals surface area (Å²) in [5.41, 5.74) is -0.0487. The lowest BCUT2D eigenvalue weighted by atomic mass is 9.84. The molecule has 0 amide bonds. The van der Waals surface area contributed by atoms with Crippen LogP contribution in [0.25, 0.3) is 0 Å². The Labute approximate surface area is 129 Å². The first-order valence-electron chi connectivity index (χ1n) is 7.54. The molecule has 0 aliphatic carbocycles. The number of rotatable bonds is 3. The lowest BCUT2D eigenvalue weighted by Gasteiger charge is -2.38. The molecule has 0 radical (unpaired) electrons. The summed E-state index contributed by atoms with van der Waals surface area (Å²) in [6, 6.07) is 4.28. The largest absolute Gasteiger partial charge is 0.496 e. The predicted octanol–water partition coefficient (Wildman–Crippen LogP) is 2.76. The number of halogens is 1. The minimum atomic E-state index is -3.12. The number of carbonyl (C=O) groups excluding carboxylic acids is 1. The molecule has 2 aliphatic rings. The lowest BCUT2D eigenvalue weighted by molar-refractivity contribution is 0.0886. The van der Waals surface area contributed by atoms with Gasteiger partial charge in [-0.05, 0) is 37.8 Å². The summed E-state index contributed by atoms with van der Waals surface area (Å²) in [6.07, 6.45) is 2.71. The fraction of sp³-hybridized carbons (Fsp3) is 0.562. The lowest BCUT2D eigenvalue weighted by Crippen LogP contribution is -2.45. The number of ether oxygens (including phenoxy) is 1. The first-order chi connectivity index (χ1) is 10.4. The van der Waals surface area contributed by atoms with E-state index in [-0.39, 0.29) is 17.1 Å². The second kappa shape index (κ2) is 5.65. The van der Waals surface area contributed by atoms with Crippen molar-refractivity contribution < 1.29 is 22.3 Å². The first-order valence-corrected chi connectivity index (χ1v) is 9.15. The molecule has 2 fully saturated rings. The highest BCUT2D eigenvalue weighted by Crippen LogP contribution is 2.41. The minimum Gasteiger partial charge on any atom is -0.496 e. The van der Waals surface area contributed by atoms with Crippen molar-refractivity contribution in [2.45, 2.75) is 42.6 Å². The average Bonchev–Trinajstić information content (AvgIpc) is 2.45. The van der Waals surface area contributed by atoms with Gasteiger partial charge in [0.2, 0.25) is 0 Å². The molecule has 2 aliphatic heterocycles. The van der Waals surface area contributed by atoms with Crippen LogP contribution >= 0.6 is 0 Å². The third kappa shape index (κ3) is 2.43. The monoisotopic (exact) mass is 326 g/mol. The van der Waals surface area contributed by atoms with Crippen LogP contribution < -0.4 is 4.74 Å². The van der Waals surface area contributed by atoms with E-state index < -0.39 is 32.1 Å². The highest BCUT2D eigenvalue weighted by Gasteiger charge is 2.46. The third-order valence-corrected chi connectivity index (χ3v) is 7.60. The van der Waals surface area contributed by atoms with Gasteiger partial charge in [0.25, 0.3) is 0 Å². The predicted molar refractivity (Wildman–Crippen MR) is 80.4 cm³/mol. The van der Waals surface area contributed by atoms with Crippen molar-refractivity contribution in [3.63, 3.8) is 0 Å². The molecule has 0 spiro atoms. The third-order valence-electron chi connectivity index (χ3n) is 4.89. The fourth-order valence-electron chi connectivity index (χ4n) is 3.74. The molecule has 2 atom stereocenters. The van der Waals surface area contributed by atoms with Gasteiger partial charge < -0.3 is 4.74 Å². The molecule has 0 aromatic heterocycles. The summed E-state index contributed by atoms with van der Waals surface area (Å²) < 4.78 is 43.7. The van der Waals surface area contributed by atoms with Crippen LogP contribution in [-0.2, 0) is 9.84 Å². The van der Waals surface area contributed by atoms with Gasteiger partial charge in [0.05, 0.1) is 23.2 Å². The van der Waals surface area contributed by atoms with Crippen LogP contribution in [0.3, 0.4) is 0 Å². The van der Waals surface area contributed by atoms with Crippen LogP contribution in [0.4, 0.5) is 4.39 Å². The molecule has 2 bridgehead atoms. The van der Waals surface area contributed by atoms with Gasteiger partial charge in [-0.1, -0.05) is 12.5 Å². The number of fused-ring (bicyclic) bond motifs is 2. The number of hydrogen-bond acceptors (Lipinski definition) is 4. The quantitative estimate of drug-likeness (QED) is 0.801. The van der Waals surface area contributed by atoms with Crippen molar-refractivity contribution in [3.05, 3.63) is 29.6 Å². The number of benzene rings is 1. The van der Waals surface area contributed by atoms with E-state index in [0.717, 1.165) is 6.42 Å². The Hall–Kier alpha value is -1.43. The maximum atomic E-state index is 14.1. The van der Waals surface area contributed by atoms with Crippen LogP contribution in [-0.4, -0.2) is 31.8 Å². The summed E-state index contributed by atoms with van der Waals surface area (Å²) in [5, 5.41) is -0.904. The van der Waals surface area contributed by atoms with Crippen LogP contribution in [0.2, 0.25) is 0 Å². The van der Waals surface area contributed by atoms with E-state index in [2.05, 4.69) is 0 Å². The Morgan fingerprint density at radius 2 is 1.86 bits per heavy atom. The maximum absolute atomic E-state index is 14.1. The SMILES string of the molecule is COc1cccc(F)c1C(=O)C1CC2CCCC(C1)S2(=O)=O. The Bertz CT molecular complexity index is 678. The molecule has 3 rings (SSSR count). The number of carbonyl (C=O) groups is 1. The number of Topliss-reactive ketones (excluding diaryl/α,β-unsaturated/α-hetero) is 1. The zero-order valence-electron chi connectivity index (χ0n) is 12.4. The zero-order chi connectivity index (χ0) is 15.9. The Balaban J connectivity index is 1.92. The van der Waals surface area contributed by atoms with E-state index in [9.17, 15) is 17.6 Å². The first kappa shape index (κ1) is 15.5. The van der Waals surface area contributed by atoms with Crippen molar-refractivity contribution in [3.8, 4) is 5.75 Å². The molecule has 0 saturated carbocycles. The van der Waals surface area contributed by atoms with Crippen molar-refractivity contribution in [2.24, 2.45) is 5.92 Å².